The number of halogens is 1. The van der Waals surface area contributed by atoms with Gasteiger partial charge in [0.25, 0.3) is 5.91 Å². The maximum atomic E-state index is 13.0. The molecule has 4 amide bonds. The predicted molar refractivity (Wildman–Crippen MR) is 128 cm³/mol. The molecule has 1 fully saturated rings. The van der Waals surface area contributed by atoms with E-state index in [1.165, 1.54) is 22.4 Å². The van der Waals surface area contributed by atoms with Crippen molar-refractivity contribution in [2.24, 2.45) is 0 Å². The molecule has 11 nitrogen and oxygen atoms in total. The fourth-order valence-corrected chi connectivity index (χ4v) is 5.23. The van der Waals surface area contributed by atoms with Gasteiger partial charge < -0.3 is 25.8 Å². The van der Waals surface area contributed by atoms with Crippen molar-refractivity contribution in [3.63, 3.8) is 0 Å². The minimum atomic E-state index is -0.866. The molecule has 180 valence electrons. The molecule has 3 N–H and O–H groups in total. The number of anilines is 1. The Morgan fingerprint density at radius 3 is 2.74 bits per heavy atom. The maximum absolute atomic E-state index is 13.0. The Morgan fingerprint density at radius 2 is 2.00 bits per heavy atom. The van der Waals surface area contributed by atoms with Gasteiger partial charge in [0.1, 0.15) is 5.82 Å². The number of carbonyl (C=O) groups is 4. The second-order valence-electron chi connectivity index (χ2n) is 8.24. The minimum Gasteiger partial charge on any atom is -0.343 e. The molecule has 0 aromatic carbocycles. The van der Waals surface area contributed by atoms with Gasteiger partial charge in [-0.25, -0.2) is 9.97 Å². The molecular formula is C21H24BrN7O4S. The van der Waals surface area contributed by atoms with Gasteiger partial charge in [-0.1, -0.05) is 0 Å². The van der Waals surface area contributed by atoms with E-state index in [2.05, 4.69) is 46.7 Å². The summed E-state index contributed by atoms with van der Waals surface area (Å²) in [6.45, 7) is 2.25. The molecule has 4 heterocycles. The Morgan fingerprint density at radius 1 is 1.18 bits per heavy atom. The number of thiazole rings is 1. The zero-order chi connectivity index (χ0) is 24.2. The van der Waals surface area contributed by atoms with Crippen LogP contribution >= 0.6 is 27.3 Å². The van der Waals surface area contributed by atoms with E-state index < -0.39 is 23.9 Å². The maximum Gasteiger partial charge on any atom is 0.314 e. The van der Waals surface area contributed by atoms with E-state index in [-0.39, 0.29) is 18.3 Å². The summed E-state index contributed by atoms with van der Waals surface area (Å²) in [5.74, 6) is -1.83. The van der Waals surface area contributed by atoms with Crippen LogP contribution in [0.4, 0.5) is 5.82 Å². The molecule has 2 aromatic rings. The third-order valence-corrected chi connectivity index (χ3v) is 7.27. The highest BCUT2D eigenvalue weighted by molar-refractivity contribution is 9.10. The standard InChI is InChI=1S/C21H24BrN7O4S/c1-28-6-4-14-16(10-28)34-21(26-14)20(33)25-15-9-29(11-30)7-5-13(15)24-18(31)19(32)27-17-3-2-12(22)8-23-17/h2-3,8,11,13,15H,4-7,9-10H2,1H3,(H,24,31)(H,25,33)(H,23,27,32)/t13-,15+/m0/s1. The van der Waals surface area contributed by atoms with Crippen LogP contribution in [0.15, 0.2) is 22.8 Å². The van der Waals surface area contributed by atoms with Crippen LogP contribution in [-0.2, 0) is 27.3 Å². The highest BCUT2D eigenvalue weighted by Crippen LogP contribution is 2.24. The van der Waals surface area contributed by atoms with Crippen LogP contribution < -0.4 is 16.0 Å². The fourth-order valence-electron chi connectivity index (χ4n) is 3.90. The van der Waals surface area contributed by atoms with Crippen LogP contribution in [0.2, 0.25) is 0 Å². The lowest BCUT2D eigenvalue weighted by Gasteiger charge is -2.37. The lowest BCUT2D eigenvalue weighted by atomic mass is 9.99. The number of hydrogen-bond acceptors (Lipinski definition) is 8. The highest BCUT2D eigenvalue weighted by atomic mass is 79.9. The quantitative estimate of drug-likeness (QED) is 0.362. The van der Waals surface area contributed by atoms with Gasteiger partial charge in [-0.2, -0.15) is 0 Å². The predicted octanol–water partition coefficient (Wildman–Crippen LogP) is 0.373. The van der Waals surface area contributed by atoms with E-state index in [9.17, 15) is 19.2 Å². The van der Waals surface area contributed by atoms with Crippen molar-refractivity contribution < 1.29 is 19.2 Å². The van der Waals surface area contributed by atoms with E-state index in [4.69, 9.17) is 0 Å². The van der Waals surface area contributed by atoms with E-state index in [1.54, 1.807) is 12.1 Å². The molecule has 2 aromatic heterocycles. The molecule has 1 saturated heterocycles. The second kappa shape index (κ2) is 10.6. The molecule has 2 aliphatic heterocycles. The summed E-state index contributed by atoms with van der Waals surface area (Å²) in [6.07, 6.45) is 3.39. The molecule has 2 aliphatic rings. The molecular weight excluding hydrogens is 526 g/mol. The van der Waals surface area contributed by atoms with Gasteiger partial charge in [-0.15, -0.1) is 11.3 Å². The van der Waals surface area contributed by atoms with Crippen LogP contribution in [-0.4, -0.2) is 82.7 Å². The van der Waals surface area contributed by atoms with Crippen molar-refractivity contribution in [3.8, 4) is 0 Å². The number of likely N-dealkylation sites (N-methyl/N-ethyl adjacent to an activating group) is 1. The van der Waals surface area contributed by atoms with Crippen LogP contribution in [0, 0.1) is 0 Å². The largest absolute Gasteiger partial charge is 0.343 e. The monoisotopic (exact) mass is 549 g/mol. The van der Waals surface area contributed by atoms with Gasteiger partial charge in [0, 0.05) is 48.1 Å². The lowest BCUT2D eigenvalue weighted by Crippen LogP contribution is -2.61. The normalized spacial score (nSPS) is 20.2. The molecule has 0 saturated carbocycles. The Balaban J connectivity index is 1.41. The smallest absolute Gasteiger partial charge is 0.314 e. The summed E-state index contributed by atoms with van der Waals surface area (Å²) in [4.78, 5) is 62.4. The number of piperidine rings is 1. The summed E-state index contributed by atoms with van der Waals surface area (Å²) in [5, 5.41) is 8.38. The summed E-state index contributed by atoms with van der Waals surface area (Å²) in [6, 6.07) is 2.15. The second-order valence-corrected chi connectivity index (χ2v) is 10.2. The number of nitrogens with zero attached hydrogens (tertiary/aromatic N) is 4. The number of amides is 4. The summed E-state index contributed by atoms with van der Waals surface area (Å²) in [7, 11) is 2.02. The molecule has 2 atom stereocenters. The molecule has 0 spiro atoms. The van der Waals surface area contributed by atoms with Gasteiger partial charge in [-0.3, -0.25) is 19.2 Å². The first-order valence-electron chi connectivity index (χ1n) is 10.7. The molecule has 13 heteroatoms. The van der Waals surface area contributed by atoms with Crippen molar-refractivity contribution in [2.75, 3.05) is 32.0 Å². The SMILES string of the molecule is CN1CCc2nc(C(=O)N[C@@H]3CN(C=O)CC[C@@H]3NC(=O)C(=O)Nc3ccc(Br)cn3)sc2C1. The first kappa shape index (κ1) is 24.2. The highest BCUT2D eigenvalue weighted by Gasteiger charge is 2.33. The number of likely N-dealkylation sites (tertiary alicyclic amines) is 1. The molecule has 0 bridgehead atoms. The zero-order valence-electron chi connectivity index (χ0n) is 18.4. The third-order valence-electron chi connectivity index (χ3n) is 5.72. The average molecular weight is 550 g/mol. The number of hydrogen-bond donors (Lipinski definition) is 3. The van der Waals surface area contributed by atoms with E-state index in [0.717, 1.165) is 34.6 Å². The minimum absolute atomic E-state index is 0.212. The number of nitrogens with one attached hydrogen (secondary N) is 3. The fraction of sp³-hybridized carbons (Fsp3) is 0.429. The Kier molecular flexibility index (Phi) is 7.54. The topological polar surface area (TPSA) is 137 Å². The summed E-state index contributed by atoms with van der Waals surface area (Å²) >= 11 is 4.61. The summed E-state index contributed by atoms with van der Waals surface area (Å²) < 4.78 is 0.739. The average Bonchev–Trinajstić information content (AvgIpc) is 3.25. The summed E-state index contributed by atoms with van der Waals surface area (Å²) in [5.41, 5.74) is 0.939. The van der Waals surface area contributed by atoms with Gasteiger partial charge in [-0.05, 0) is 41.5 Å². The number of aromatic nitrogens is 2. The van der Waals surface area contributed by atoms with Gasteiger partial charge in [0.2, 0.25) is 6.41 Å². The molecule has 34 heavy (non-hydrogen) atoms. The van der Waals surface area contributed by atoms with Gasteiger partial charge >= 0.3 is 11.8 Å². The first-order chi connectivity index (χ1) is 16.3. The van der Waals surface area contributed by atoms with Crippen molar-refractivity contribution in [3.05, 3.63) is 38.4 Å². The molecule has 0 unspecified atom stereocenters. The third kappa shape index (κ3) is 5.77. The van der Waals surface area contributed by atoms with Gasteiger partial charge in [0.15, 0.2) is 5.01 Å². The van der Waals surface area contributed by atoms with Crippen LogP contribution in [0.5, 0.6) is 0 Å². The molecule has 4 rings (SSSR count). The van der Waals surface area contributed by atoms with E-state index in [0.29, 0.717) is 24.4 Å². The van der Waals surface area contributed by atoms with Crippen molar-refractivity contribution in [1.82, 2.24) is 30.4 Å². The van der Waals surface area contributed by atoms with Gasteiger partial charge in [0.05, 0.1) is 17.8 Å². The van der Waals surface area contributed by atoms with Crippen molar-refractivity contribution >= 4 is 57.2 Å². The van der Waals surface area contributed by atoms with Crippen LogP contribution in [0.25, 0.3) is 0 Å². The Bertz CT molecular complexity index is 1090. The number of rotatable bonds is 5. The van der Waals surface area contributed by atoms with E-state index in [1.807, 2.05) is 7.05 Å². The van der Waals surface area contributed by atoms with E-state index >= 15 is 0 Å². The van der Waals surface area contributed by atoms with Crippen molar-refractivity contribution in [1.29, 1.82) is 0 Å². The Labute approximate surface area is 208 Å². The number of carbonyl (C=O) groups excluding carboxylic acids is 4. The number of fused-ring (bicyclic) bond motifs is 1. The van der Waals surface area contributed by atoms with Crippen LogP contribution in [0.3, 0.4) is 0 Å². The van der Waals surface area contributed by atoms with Crippen LogP contribution in [0.1, 0.15) is 26.8 Å². The molecule has 0 radical (unpaired) electrons. The lowest BCUT2D eigenvalue weighted by molar-refractivity contribution is -0.137. The number of pyridine rings is 1. The zero-order valence-corrected chi connectivity index (χ0v) is 20.8. The Hall–Kier alpha value is -2.90. The van der Waals surface area contributed by atoms with Crippen molar-refractivity contribution in [2.45, 2.75) is 31.5 Å². The first-order valence-corrected chi connectivity index (χ1v) is 12.3. The molecule has 0 aliphatic carbocycles.